The number of nitrogens with zero attached hydrogens (tertiary/aromatic N) is 2. The van der Waals surface area contributed by atoms with Gasteiger partial charge in [0.25, 0.3) is 5.97 Å². The van der Waals surface area contributed by atoms with Crippen LogP contribution in [0.25, 0.3) is 0 Å². The summed E-state index contributed by atoms with van der Waals surface area (Å²) in [7, 11) is 4.28. The minimum absolute atomic E-state index is 0.833. The van der Waals surface area contributed by atoms with Gasteiger partial charge in [-0.1, -0.05) is 53.4 Å². The van der Waals surface area contributed by atoms with Crippen molar-refractivity contribution in [2.75, 3.05) is 40.3 Å². The molecule has 0 heterocycles. The van der Waals surface area contributed by atoms with E-state index in [2.05, 4.69) is 51.6 Å². The van der Waals surface area contributed by atoms with Gasteiger partial charge in [0, 0.05) is 6.92 Å². The third-order valence-electron chi connectivity index (χ3n) is 3.33. The van der Waals surface area contributed by atoms with E-state index in [1.165, 1.54) is 77.5 Å². The first-order valence-electron chi connectivity index (χ1n) is 9.92. The number of carboxylic acids is 1. The maximum absolute atomic E-state index is 9.00. The van der Waals surface area contributed by atoms with Crippen LogP contribution in [0.15, 0.2) is 0 Å². The molecule has 0 saturated heterocycles. The lowest BCUT2D eigenvalue weighted by molar-refractivity contribution is -0.134. The molecule has 4 heteroatoms. The van der Waals surface area contributed by atoms with Crippen LogP contribution in [0.4, 0.5) is 0 Å². The monoisotopic (exact) mass is 346 g/mol. The van der Waals surface area contributed by atoms with Crippen molar-refractivity contribution in [1.82, 2.24) is 9.80 Å². The van der Waals surface area contributed by atoms with E-state index < -0.39 is 5.97 Å². The Kier molecular flexibility index (Phi) is 29.0. The van der Waals surface area contributed by atoms with E-state index in [1.54, 1.807) is 0 Å². The van der Waals surface area contributed by atoms with Crippen LogP contribution in [-0.2, 0) is 4.79 Å². The molecule has 4 nitrogen and oxygen atoms in total. The number of hydrogen-bond acceptors (Lipinski definition) is 3. The van der Waals surface area contributed by atoms with Crippen molar-refractivity contribution in [2.45, 2.75) is 86.0 Å². The third kappa shape index (κ3) is 37.5. The highest BCUT2D eigenvalue weighted by atomic mass is 16.4. The summed E-state index contributed by atoms with van der Waals surface area (Å²) in [5, 5.41) is 7.42. The smallest absolute Gasteiger partial charge is 0.300 e. The molecular weight excluding hydrogens is 300 g/mol. The molecule has 148 valence electrons. The number of carboxylic acid groups (broad SMARTS) is 1. The van der Waals surface area contributed by atoms with E-state index >= 15 is 0 Å². The molecule has 0 aromatic carbocycles. The minimum Gasteiger partial charge on any atom is -0.481 e. The molecule has 1 N–H and O–H groups in total. The molecule has 0 aliphatic rings. The van der Waals surface area contributed by atoms with Gasteiger partial charge in [-0.25, -0.2) is 0 Å². The van der Waals surface area contributed by atoms with Gasteiger partial charge in [-0.3, -0.25) is 4.79 Å². The average Bonchev–Trinajstić information content (AvgIpc) is 2.48. The second-order valence-corrected chi connectivity index (χ2v) is 6.58. The predicted octanol–water partition coefficient (Wildman–Crippen LogP) is 5.13. The van der Waals surface area contributed by atoms with Crippen molar-refractivity contribution in [2.24, 2.45) is 0 Å². The van der Waals surface area contributed by atoms with Crippen LogP contribution in [0.1, 0.15) is 86.0 Å². The predicted molar refractivity (Wildman–Crippen MR) is 108 cm³/mol. The first-order chi connectivity index (χ1) is 11.3. The Morgan fingerprint density at radius 1 is 0.708 bits per heavy atom. The minimum atomic E-state index is -0.833. The highest BCUT2D eigenvalue weighted by molar-refractivity contribution is 5.62. The fraction of sp³-hybridized carbons (Fsp3) is 0.950. The quantitative estimate of drug-likeness (QED) is 0.498. The van der Waals surface area contributed by atoms with Gasteiger partial charge in [0.05, 0.1) is 0 Å². The topological polar surface area (TPSA) is 43.8 Å². The van der Waals surface area contributed by atoms with Gasteiger partial charge in [0.15, 0.2) is 0 Å². The van der Waals surface area contributed by atoms with Crippen molar-refractivity contribution in [3.63, 3.8) is 0 Å². The number of aliphatic carboxylic acids is 1. The van der Waals surface area contributed by atoms with Gasteiger partial charge in [-0.15, -0.1) is 0 Å². The third-order valence-corrected chi connectivity index (χ3v) is 3.33. The molecule has 0 aliphatic heterocycles. The van der Waals surface area contributed by atoms with Crippen LogP contribution in [0.3, 0.4) is 0 Å². The normalized spacial score (nSPS) is 10.0. The van der Waals surface area contributed by atoms with Crippen molar-refractivity contribution in [1.29, 1.82) is 0 Å². The van der Waals surface area contributed by atoms with Crippen LogP contribution in [-0.4, -0.2) is 61.2 Å². The molecule has 0 spiro atoms. The number of hydrogen-bond donors (Lipinski definition) is 1. The number of carbonyl (C=O) groups is 1. The molecule has 0 rings (SSSR count). The van der Waals surface area contributed by atoms with Gasteiger partial charge in [-0.2, -0.15) is 0 Å². The van der Waals surface area contributed by atoms with Crippen LogP contribution in [0, 0.1) is 0 Å². The Morgan fingerprint density at radius 3 is 1.38 bits per heavy atom. The lowest BCUT2D eigenvalue weighted by atomic mass is 10.1. The Labute approximate surface area is 152 Å². The summed E-state index contributed by atoms with van der Waals surface area (Å²) in [5.74, 6) is -0.833. The molecule has 0 atom stereocenters. The van der Waals surface area contributed by atoms with Crippen LogP contribution < -0.4 is 0 Å². The zero-order chi connectivity index (χ0) is 19.2. The van der Waals surface area contributed by atoms with E-state index in [9.17, 15) is 0 Å². The van der Waals surface area contributed by atoms with Crippen molar-refractivity contribution >= 4 is 5.97 Å². The summed E-state index contributed by atoms with van der Waals surface area (Å²) in [6.45, 7) is 15.2. The maximum Gasteiger partial charge on any atom is 0.300 e. The van der Waals surface area contributed by atoms with Crippen LogP contribution >= 0.6 is 0 Å². The van der Waals surface area contributed by atoms with Gasteiger partial charge in [0.1, 0.15) is 0 Å². The molecule has 24 heavy (non-hydrogen) atoms. The average molecular weight is 347 g/mol. The molecule has 0 amide bonds. The van der Waals surface area contributed by atoms with Crippen molar-refractivity contribution in [3.05, 3.63) is 0 Å². The van der Waals surface area contributed by atoms with E-state index in [1.807, 2.05) is 0 Å². The van der Waals surface area contributed by atoms with E-state index in [-0.39, 0.29) is 0 Å². The SMILES string of the molecule is CC(=O)O.CCCCCCCN(C)C.CCCN(CCC)CCC. The molecule has 0 bridgehead atoms. The second-order valence-electron chi connectivity index (χ2n) is 6.58. The lowest BCUT2D eigenvalue weighted by Crippen LogP contribution is -2.25. The summed E-state index contributed by atoms with van der Waals surface area (Å²) in [4.78, 5) is 13.8. The van der Waals surface area contributed by atoms with Crippen molar-refractivity contribution < 1.29 is 9.90 Å². The molecule has 0 radical (unpaired) electrons. The zero-order valence-electron chi connectivity index (χ0n) is 17.7. The second kappa shape index (κ2) is 24.6. The summed E-state index contributed by atoms with van der Waals surface area (Å²) in [6.07, 6.45) is 10.8. The molecule has 0 fully saturated rings. The lowest BCUT2D eigenvalue weighted by Gasteiger charge is -2.19. The van der Waals surface area contributed by atoms with E-state index in [0.717, 1.165) is 6.92 Å². The standard InChI is InChI=1S/2C9H21N.C2H4O2/c1-4-5-6-7-8-9-10(2)3;1-4-7-10(8-5-2)9-6-3;1-2(3)4/h2*4-9H2,1-3H3;1H3,(H,3,4). The van der Waals surface area contributed by atoms with Gasteiger partial charge in [-0.05, 0) is 66.0 Å². The van der Waals surface area contributed by atoms with E-state index in [4.69, 9.17) is 9.90 Å². The Morgan fingerprint density at radius 2 is 1.08 bits per heavy atom. The zero-order valence-corrected chi connectivity index (χ0v) is 17.7. The van der Waals surface area contributed by atoms with Gasteiger partial charge in [0.2, 0.25) is 0 Å². The Balaban J connectivity index is -0.000000301. The first kappa shape index (κ1) is 28.2. The molecule has 0 unspecified atom stereocenters. The molecule has 0 aromatic heterocycles. The largest absolute Gasteiger partial charge is 0.481 e. The summed E-state index contributed by atoms with van der Waals surface area (Å²) >= 11 is 0. The van der Waals surface area contributed by atoms with Crippen LogP contribution in [0.5, 0.6) is 0 Å². The van der Waals surface area contributed by atoms with E-state index in [0.29, 0.717) is 0 Å². The highest BCUT2D eigenvalue weighted by Crippen LogP contribution is 2.02. The number of rotatable bonds is 12. The number of unbranched alkanes of at least 4 members (excludes halogenated alkanes) is 4. The maximum atomic E-state index is 9.00. The van der Waals surface area contributed by atoms with Crippen molar-refractivity contribution in [3.8, 4) is 0 Å². The Bertz CT molecular complexity index is 215. The summed E-state index contributed by atoms with van der Waals surface area (Å²) in [5.41, 5.74) is 0. The fourth-order valence-electron chi connectivity index (χ4n) is 2.32. The van der Waals surface area contributed by atoms with Gasteiger partial charge >= 0.3 is 0 Å². The molecule has 0 saturated carbocycles. The highest BCUT2D eigenvalue weighted by Gasteiger charge is 1.98. The fourth-order valence-corrected chi connectivity index (χ4v) is 2.32. The Hall–Kier alpha value is -0.610. The summed E-state index contributed by atoms with van der Waals surface area (Å²) < 4.78 is 0. The van der Waals surface area contributed by atoms with Crippen LogP contribution in [0.2, 0.25) is 0 Å². The molecular formula is C20H46N2O2. The molecule has 0 aromatic rings. The summed E-state index contributed by atoms with van der Waals surface area (Å²) in [6, 6.07) is 0. The molecule has 0 aliphatic carbocycles. The first-order valence-corrected chi connectivity index (χ1v) is 9.92. The van der Waals surface area contributed by atoms with Gasteiger partial charge < -0.3 is 14.9 Å².